The molecule has 0 radical (unpaired) electrons. The van der Waals surface area contributed by atoms with E-state index in [0.717, 1.165) is 60.5 Å². The molecule has 0 aliphatic carbocycles. The number of hydrogen-bond acceptors (Lipinski definition) is 19. The number of ether oxygens (including phenoxy) is 2. The largest absolute Gasteiger partial charge is 0.444 e. The van der Waals surface area contributed by atoms with E-state index in [9.17, 15) is 19.2 Å². The molecule has 7 heterocycles. The van der Waals surface area contributed by atoms with Gasteiger partial charge in [-0.25, -0.2) is 39.5 Å². The van der Waals surface area contributed by atoms with Gasteiger partial charge in [0.2, 0.25) is 11.2 Å². The summed E-state index contributed by atoms with van der Waals surface area (Å²) in [5.74, 6) is 0.229. The lowest BCUT2D eigenvalue weighted by Crippen LogP contribution is -2.54. The van der Waals surface area contributed by atoms with E-state index in [1.807, 2.05) is 109 Å². The highest BCUT2D eigenvalue weighted by Crippen LogP contribution is 2.30. The van der Waals surface area contributed by atoms with Crippen LogP contribution in [0.1, 0.15) is 141 Å². The van der Waals surface area contributed by atoms with Crippen molar-refractivity contribution in [3.63, 3.8) is 0 Å². The van der Waals surface area contributed by atoms with Gasteiger partial charge in [-0.15, -0.1) is 22.7 Å². The molecular formula is C62H79ClN16O6S2. The molecule has 4 amide bonds. The van der Waals surface area contributed by atoms with Crippen molar-refractivity contribution in [3.8, 4) is 22.5 Å². The fourth-order valence-corrected chi connectivity index (χ4v) is 10.2. The Bertz CT molecular complexity index is 3610. The Morgan fingerprint density at radius 2 is 1.16 bits per heavy atom. The summed E-state index contributed by atoms with van der Waals surface area (Å²) in [6, 6.07) is 15.9. The number of hydrogen-bond donors (Lipinski definition) is 5. The van der Waals surface area contributed by atoms with Crippen LogP contribution in [-0.4, -0.2) is 123 Å². The standard InChI is InChI=1S/C31H38N8O3S.C20H21ClN4OS.C11H20N4O2/c1-19-12-20(8-9-21(19)13-33-26(40)25-15-34-27(43-25)30(2,3)4)24-10-11-32-28(37-24)36-22-14-35-39(16-22)23-17-38(18-23)29(41)42-31(5,6)7;1-12-9-13(15-7-8-22-19(21)25-15)5-6-14(12)10-23-17(26)16-11-24-18(27-16)20(2,3)4;1-11(2,3)17-10(16)15-6-9(7-15)14-5-8(13)4-12/h8-12,14-16,23H,13,17-18H2,1-7H3,(H,33,40)(H,32,36,37);5-9,11H,10H2,1-4H3,(H,23,26);4-5,9H,6-7,12-13H2,1-3H3. The van der Waals surface area contributed by atoms with E-state index in [2.05, 4.69) is 98.6 Å². The number of halogens is 1. The van der Waals surface area contributed by atoms with Gasteiger partial charge in [0.15, 0.2) is 0 Å². The Balaban J connectivity index is 0.000000209. The molecule has 0 bridgehead atoms. The van der Waals surface area contributed by atoms with Crippen LogP contribution in [0.2, 0.25) is 5.28 Å². The van der Waals surface area contributed by atoms with E-state index >= 15 is 0 Å². The molecule has 2 aliphatic rings. The smallest absolute Gasteiger partial charge is 0.410 e. The average molecular weight is 1240 g/mol. The summed E-state index contributed by atoms with van der Waals surface area (Å²) in [5, 5.41) is 15.8. The maximum Gasteiger partial charge on any atom is 0.410 e. The Morgan fingerprint density at radius 1 is 0.678 bits per heavy atom. The first-order valence-corrected chi connectivity index (χ1v) is 30.3. The minimum absolute atomic E-state index is 0.0560. The predicted molar refractivity (Wildman–Crippen MR) is 342 cm³/mol. The van der Waals surface area contributed by atoms with Crippen LogP contribution in [0.5, 0.6) is 0 Å². The Hall–Kier alpha value is -8.35. The normalized spacial score (nSPS) is 14.0. The number of aryl methyl sites for hydroxylation is 2. The van der Waals surface area contributed by atoms with Gasteiger partial charge in [0, 0.05) is 92.2 Å². The molecule has 22 nitrogen and oxygen atoms in total. The molecule has 7 aromatic rings. The number of anilines is 2. The lowest BCUT2D eigenvalue weighted by Gasteiger charge is -2.39. The number of aromatic nitrogens is 8. The highest BCUT2D eigenvalue weighted by atomic mass is 35.5. The molecule has 0 atom stereocenters. The predicted octanol–water partition coefficient (Wildman–Crippen LogP) is 11.1. The number of thiazole rings is 2. The number of aliphatic imine (C=N–C) groups is 1. The number of benzene rings is 2. The van der Waals surface area contributed by atoms with Gasteiger partial charge >= 0.3 is 12.2 Å². The minimum Gasteiger partial charge on any atom is -0.444 e. The van der Waals surface area contributed by atoms with Gasteiger partial charge in [-0.05, 0) is 114 Å². The second kappa shape index (κ2) is 28.0. The zero-order valence-electron chi connectivity index (χ0n) is 51.9. The summed E-state index contributed by atoms with van der Waals surface area (Å²) in [6.45, 7) is 30.7. The summed E-state index contributed by atoms with van der Waals surface area (Å²) in [5.41, 5.74) is 18.4. The van der Waals surface area contributed by atoms with Crippen LogP contribution in [-0.2, 0) is 33.4 Å². The first-order valence-electron chi connectivity index (χ1n) is 28.3. The average Bonchev–Trinajstić information content (AvgIpc) is 4.18. The van der Waals surface area contributed by atoms with Crippen molar-refractivity contribution < 1.29 is 28.7 Å². The number of carbonyl (C=O) groups excluding carboxylic acids is 4. The van der Waals surface area contributed by atoms with E-state index in [4.69, 9.17) is 37.5 Å². The Labute approximate surface area is 521 Å². The highest BCUT2D eigenvalue weighted by molar-refractivity contribution is 7.14. The topological polar surface area (TPSA) is 289 Å². The molecule has 0 spiro atoms. The fourth-order valence-electron chi connectivity index (χ4n) is 8.25. The van der Waals surface area contributed by atoms with Gasteiger partial charge < -0.3 is 46.7 Å². The van der Waals surface area contributed by atoms with Crippen molar-refractivity contribution in [2.45, 2.75) is 144 Å². The molecule has 9 rings (SSSR count). The molecule has 7 N–H and O–H groups in total. The summed E-state index contributed by atoms with van der Waals surface area (Å²) in [7, 11) is 0. The van der Waals surface area contributed by atoms with Crippen LogP contribution >= 0.6 is 34.3 Å². The number of nitrogens with zero attached hydrogens (tertiary/aromatic N) is 11. The van der Waals surface area contributed by atoms with Crippen molar-refractivity contribution >= 4 is 76.1 Å². The first-order chi connectivity index (χ1) is 40.8. The number of nitrogens with one attached hydrogen (secondary N) is 3. The molecule has 25 heteroatoms. The van der Waals surface area contributed by atoms with Gasteiger partial charge in [0.1, 0.15) is 21.0 Å². The zero-order chi connectivity index (χ0) is 63.6. The molecule has 2 aliphatic heterocycles. The molecule has 0 saturated carbocycles. The molecule has 5 aromatic heterocycles. The molecule has 462 valence electrons. The van der Waals surface area contributed by atoms with Gasteiger partial charge in [-0.2, -0.15) is 5.10 Å². The van der Waals surface area contributed by atoms with Crippen LogP contribution in [0.4, 0.5) is 21.2 Å². The minimum atomic E-state index is -0.517. The molecule has 0 unspecified atom stereocenters. The fraction of sp³-hybridized carbons (Fsp3) is 0.419. The van der Waals surface area contributed by atoms with Crippen LogP contribution < -0.4 is 27.4 Å². The SMILES string of the molecule is CC(C)(C)OC(=O)N1CC(N=CC(N)=CN)C1.Cc1cc(-c2ccnc(Cl)n2)ccc1CNC(=O)c1cnc(C(C)(C)C)s1.Cc1cc(-c2ccnc(Nc3cnn(C4CN(C(=O)OC(C)(C)C)C4)c3)n2)ccc1CNC(=O)c1cnc(C(C)(C)C)s1. The van der Waals surface area contributed by atoms with E-state index in [1.165, 1.54) is 35.1 Å². The molecule has 2 fully saturated rings. The van der Waals surface area contributed by atoms with Crippen molar-refractivity contribution in [1.82, 2.24) is 60.1 Å². The quantitative estimate of drug-likeness (QED) is 0.0530. The van der Waals surface area contributed by atoms with Crippen molar-refractivity contribution in [3.05, 3.63) is 145 Å². The Kier molecular flexibility index (Phi) is 21.3. The van der Waals surface area contributed by atoms with Gasteiger partial charge in [0.25, 0.3) is 11.8 Å². The number of allylic oxidation sites excluding steroid dienone is 1. The molecule has 2 saturated heterocycles. The van der Waals surface area contributed by atoms with E-state index in [0.29, 0.717) is 60.7 Å². The lowest BCUT2D eigenvalue weighted by atomic mass is 9.98. The number of nitrogens with two attached hydrogens (primary N) is 2. The van der Waals surface area contributed by atoms with Crippen molar-refractivity contribution in [2.24, 2.45) is 16.5 Å². The summed E-state index contributed by atoms with van der Waals surface area (Å²) in [6.07, 6.45) is 12.4. The number of carbonyl (C=O) groups is 4. The van der Waals surface area contributed by atoms with E-state index < -0.39 is 11.2 Å². The van der Waals surface area contributed by atoms with Crippen LogP contribution in [0.15, 0.2) is 103 Å². The molecule has 2 aromatic carbocycles. The monoisotopic (exact) mass is 1240 g/mol. The third kappa shape index (κ3) is 19.3. The van der Waals surface area contributed by atoms with Gasteiger partial charge in [-0.3, -0.25) is 19.3 Å². The molecule has 87 heavy (non-hydrogen) atoms. The molecular weight excluding hydrogens is 1160 g/mol. The highest BCUT2D eigenvalue weighted by Gasteiger charge is 2.36. The third-order valence-corrected chi connectivity index (χ3v) is 16.1. The number of amides is 4. The van der Waals surface area contributed by atoms with Gasteiger partial charge in [0.05, 0.1) is 63.5 Å². The van der Waals surface area contributed by atoms with Gasteiger partial charge in [-0.1, -0.05) is 65.8 Å². The number of likely N-dealkylation sites (tertiary alicyclic amines) is 2. The van der Waals surface area contributed by atoms with Crippen molar-refractivity contribution in [1.29, 1.82) is 0 Å². The van der Waals surface area contributed by atoms with E-state index in [-0.39, 0.29) is 52.2 Å². The maximum atomic E-state index is 12.7. The summed E-state index contributed by atoms with van der Waals surface area (Å²) in [4.78, 5) is 83.6. The van der Waals surface area contributed by atoms with Crippen LogP contribution in [0.25, 0.3) is 22.5 Å². The summed E-state index contributed by atoms with van der Waals surface area (Å²) < 4.78 is 12.5. The lowest BCUT2D eigenvalue weighted by molar-refractivity contribution is -0.000474. The maximum absolute atomic E-state index is 12.7. The second-order valence-corrected chi connectivity index (χ2v) is 27.4. The van der Waals surface area contributed by atoms with E-state index in [1.54, 1.807) is 40.8 Å². The Morgan fingerprint density at radius 3 is 1.61 bits per heavy atom. The number of rotatable bonds is 13. The first kappa shape index (κ1) is 66.2. The summed E-state index contributed by atoms with van der Waals surface area (Å²) >= 11 is 8.73. The third-order valence-electron chi connectivity index (χ3n) is 13.1. The zero-order valence-corrected chi connectivity index (χ0v) is 54.2. The second-order valence-electron chi connectivity index (χ2n) is 25.0. The van der Waals surface area contributed by atoms with Crippen LogP contribution in [0.3, 0.4) is 0 Å². The van der Waals surface area contributed by atoms with Crippen LogP contribution in [0, 0.1) is 13.8 Å². The van der Waals surface area contributed by atoms with Crippen molar-refractivity contribution in [2.75, 3.05) is 31.5 Å².